The molecule has 162 valence electrons. The molecule has 0 saturated carbocycles. The molecule has 1 atom stereocenters. The molecule has 0 saturated heterocycles. The first-order valence-corrected chi connectivity index (χ1v) is 9.78. The van der Waals surface area contributed by atoms with Crippen molar-refractivity contribution in [3.05, 3.63) is 81.1 Å². The number of amides is 1. The number of carbonyl (C=O) groups is 2. The van der Waals surface area contributed by atoms with Gasteiger partial charge in [0, 0.05) is 16.1 Å². The van der Waals surface area contributed by atoms with E-state index in [0.717, 1.165) is 4.68 Å². The summed E-state index contributed by atoms with van der Waals surface area (Å²) in [6.45, 7) is 2.71. The van der Waals surface area contributed by atoms with Gasteiger partial charge >= 0.3 is 6.18 Å². The first kappa shape index (κ1) is 22.8. The van der Waals surface area contributed by atoms with Crippen molar-refractivity contribution < 1.29 is 22.8 Å². The maximum atomic E-state index is 13.1. The lowest BCUT2D eigenvalue weighted by molar-refractivity contribution is -0.141. The highest BCUT2D eigenvalue weighted by Gasteiger charge is 2.39. The van der Waals surface area contributed by atoms with E-state index in [9.17, 15) is 22.8 Å². The maximum absolute atomic E-state index is 13.1. The van der Waals surface area contributed by atoms with Crippen LogP contribution in [0.3, 0.4) is 0 Å². The SMILES string of the molecule is Cc1c(Cl)c(C(F)(F)F)nn1C(C)C(=O)Nc1ccc(Cl)cc1C(=O)c1ccccc1. The van der Waals surface area contributed by atoms with Crippen LogP contribution in [-0.4, -0.2) is 21.5 Å². The van der Waals surface area contributed by atoms with Gasteiger partial charge in [0.25, 0.3) is 0 Å². The molecule has 1 N–H and O–H groups in total. The van der Waals surface area contributed by atoms with Gasteiger partial charge in [-0.25, -0.2) is 0 Å². The van der Waals surface area contributed by atoms with Crippen molar-refractivity contribution in [3.63, 3.8) is 0 Å². The molecule has 1 heterocycles. The van der Waals surface area contributed by atoms with Crippen LogP contribution < -0.4 is 5.32 Å². The molecule has 10 heteroatoms. The molecule has 1 unspecified atom stereocenters. The fourth-order valence-electron chi connectivity index (χ4n) is 2.96. The largest absolute Gasteiger partial charge is 0.436 e. The molecular formula is C21H16Cl2F3N3O2. The number of carbonyl (C=O) groups excluding carboxylic acids is 2. The van der Waals surface area contributed by atoms with Gasteiger partial charge in [-0.15, -0.1) is 0 Å². The number of nitrogens with one attached hydrogen (secondary N) is 1. The summed E-state index contributed by atoms with van der Waals surface area (Å²) in [6, 6.07) is 11.6. The highest BCUT2D eigenvalue weighted by Crippen LogP contribution is 2.36. The van der Waals surface area contributed by atoms with Crippen molar-refractivity contribution in [2.75, 3.05) is 5.32 Å². The van der Waals surface area contributed by atoms with Gasteiger partial charge in [0.05, 0.1) is 16.4 Å². The van der Waals surface area contributed by atoms with Crippen LogP contribution >= 0.6 is 23.2 Å². The first-order chi connectivity index (χ1) is 14.5. The van der Waals surface area contributed by atoms with E-state index < -0.39 is 28.8 Å². The Kier molecular flexibility index (Phi) is 6.43. The average molecular weight is 470 g/mol. The van der Waals surface area contributed by atoms with E-state index in [4.69, 9.17) is 23.2 Å². The Labute approximate surface area is 185 Å². The number of hydrogen-bond acceptors (Lipinski definition) is 3. The quantitative estimate of drug-likeness (QED) is 0.469. The molecule has 0 fully saturated rings. The summed E-state index contributed by atoms with van der Waals surface area (Å²) in [6.07, 6.45) is -4.76. The van der Waals surface area contributed by atoms with E-state index >= 15 is 0 Å². The zero-order valence-corrected chi connectivity index (χ0v) is 17.8. The van der Waals surface area contributed by atoms with Crippen LogP contribution in [0.25, 0.3) is 0 Å². The molecular weight excluding hydrogens is 454 g/mol. The lowest BCUT2D eigenvalue weighted by Crippen LogP contribution is -2.26. The van der Waals surface area contributed by atoms with E-state index in [1.807, 2.05) is 0 Å². The normalized spacial score (nSPS) is 12.5. The Morgan fingerprint density at radius 1 is 1.10 bits per heavy atom. The minimum Gasteiger partial charge on any atom is -0.324 e. The van der Waals surface area contributed by atoms with Crippen molar-refractivity contribution in [1.82, 2.24) is 9.78 Å². The zero-order chi connectivity index (χ0) is 22.9. The van der Waals surface area contributed by atoms with E-state index in [0.29, 0.717) is 5.56 Å². The fraction of sp³-hybridized carbons (Fsp3) is 0.190. The Morgan fingerprint density at radius 2 is 1.74 bits per heavy atom. The summed E-state index contributed by atoms with van der Waals surface area (Å²) < 4.78 is 40.1. The molecule has 0 radical (unpaired) electrons. The summed E-state index contributed by atoms with van der Waals surface area (Å²) in [5.74, 6) is -1.05. The van der Waals surface area contributed by atoms with Crippen LogP contribution in [0.2, 0.25) is 10.0 Å². The van der Waals surface area contributed by atoms with Crippen LogP contribution in [0.1, 0.15) is 40.3 Å². The molecule has 0 aliphatic heterocycles. The number of aromatic nitrogens is 2. The molecule has 0 spiro atoms. The second-order valence-electron chi connectivity index (χ2n) is 6.74. The van der Waals surface area contributed by atoms with Gasteiger partial charge in [-0.1, -0.05) is 53.5 Å². The maximum Gasteiger partial charge on any atom is 0.436 e. The number of alkyl halides is 3. The number of benzene rings is 2. The number of anilines is 1. The molecule has 1 amide bonds. The predicted octanol–water partition coefficient (Wildman–Crippen LogP) is 5.95. The second-order valence-corrected chi connectivity index (χ2v) is 7.56. The Morgan fingerprint density at radius 3 is 2.32 bits per heavy atom. The molecule has 0 aliphatic rings. The number of rotatable bonds is 5. The fourth-order valence-corrected chi connectivity index (χ4v) is 3.37. The molecule has 0 bridgehead atoms. The highest BCUT2D eigenvalue weighted by atomic mass is 35.5. The lowest BCUT2D eigenvalue weighted by atomic mass is 10.0. The molecule has 2 aromatic carbocycles. The van der Waals surface area contributed by atoms with Crippen molar-refractivity contribution in [2.24, 2.45) is 0 Å². The Balaban J connectivity index is 1.92. The smallest absolute Gasteiger partial charge is 0.324 e. The first-order valence-electron chi connectivity index (χ1n) is 9.02. The molecule has 31 heavy (non-hydrogen) atoms. The minimum atomic E-state index is -4.76. The molecule has 5 nitrogen and oxygen atoms in total. The van der Waals surface area contributed by atoms with Crippen molar-refractivity contribution in [3.8, 4) is 0 Å². The standard InChI is InChI=1S/C21H16Cl2F3N3O2/c1-11-17(23)19(21(24,25)26)28-29(11)12(2)20(31)27-16-9-8-14(22)10-15(16)18(30)13-6-4-3-5-7-13/h3-10,12H,1-2H3,(H,27,31). The lowest BCUT2D eigenvalue weighted by Gasteiger charge is -2.16. The van der Waals surface area contributed by atoms with Crippen LogP contribution in [0, 0.1) is 6.92 Å². The topological polar surface area (TPSA) is 64.0 Å². The molecule has 3 aromatic rings. The number of nitrogens with zero attached hydrogens (tertiary/aromatic N) is 2. The zero-order valence-electron chi connectivity index (χ0n) is 16.3. The van der Waals surface area contributed by atoms with Gasteiger partial charge in [0.2, 0.25) is 5.91 Å². The van der Waals surface area contributed by atoms with Crippen molar-refractivity contribution in [2.45, 2.75) is 26.1 Å². The summed E-state index contributed by atoms with van der Waals surface area (Å²) in [7, 11) is 0. The van der Waals surface area contributed by atoms with Crippen LogP contribution in [0.5, 0.6) is 0 Å². The third-order valence-electron chi connectivity index (χ3n) is 4.61. The van der Waals surface area contributed by atoms with Gasteiger partial charge in [-0.2, -0.15) is 18.3 Å². The van der Waals surface area contributed by atoms with Gasteiger partial charge in [0.15, 0.2) is 11.5 Å². The summed E-state index contributed by atoms with van der Waals surface area (Å²) in [5, 5.41) is 5.77. The van der Waals surface area contributed by atoms with Gasteiger partial charge < -0.3 is 5.32 Å². The average Bonchev–Trinajstić information content (AvgIpc) is 3.03. The summed E-state index contributed by atoms with van der Waals surface area (Å²) >= 11 is 11.8. The van der Waals surface area contributed by atoms with Crippen molar-refractivity contribution >= 4 is 40.6 Å². The summed E-state index contributed by atoms with van der Waals surface area (Å²) in [5.41, 5.74) is -0.573. The highest BCUT2D eigenvalue weighted by molar-refractivity contribution is 6.32. The van der Waals surface area contributed by atoms with Gasteiger partial charge in [0.1, 0.15) is 6.04 Å². The van der Waals surface area contributed by atoms with E-state index in [-0.39, 0.29) is 27.8 Å². The minimum absolute atomic E-state index is 0.00617. The molecule has 1 aromatic heterocycles. The Hall–Kier alpha value is -2.84. The third-order valence-corrected chi connectivity index (χ3v) is 5.30. The van der Waals surface area contributed by atoms with Crippen LogP contribution in [0.15, 0.2) is 48.5 Å². The number of hydrogen-bond donors (Lipinski definition) is 1. The Bertz CT molecular complexity index is 1140. The number of ketones is 1. The van der Waals surface area contributed by atoms with Crippen LogP contribution in [-0.2, 0) is 11.0 Å². The monoisotopic (exact) mass is 469 g/mol. The third kappa shape index (κ3) is 4.75. The van der Waals surface area contributed by atoms with E-state index in [2.05, 4.69) is 10.4 Å². The molecule has 3 rings (SSSR count). The second kappa shape index (κ2) is 8.72. The van der Waals surface area contributed by atoms with Gasteiger partial charge in [-0.05, 0) is 32.0 Å². The molecule has 0 aliphatic carbocycles. The van der Waals surface area contributed by atoms with E-state index in [1.165, 1.54) is 32.0 Å². The number of halogens is 5. The predicted molar refractivity (Wildman–Crippen MR) is 112 cm³/mol. The summed E-state index contributed by atoms with van der Waals surface area (Å²) in [4.78, 5) is 25.7. The van der Waals surface area contributed by atoms with Gasteiger partial charge in [-0.3, -0.25) is 14.3 Å². The van der Waals surface area contributed by atoms with E-state index in [1.54, 1.807) is 30.3 Å². The van der Waals surface area contributed by atoms with Crippen molar-refractivity contribution in [1.29, 1.82) is 0 Å². The van der Waals surface area contributed by atoms with Crippen LogP contribution in [0.4, 0.5) is 18.9 Å².